The standard InChI is InChI=1S/C18H19NO6/c1-12(2)17(20)25-8-7-24-15-6-5-13(10-16(15)22-3)9-14(11-19)18(21)23-4/h5-6,9-10H,1,7-8H2,2-4H3. The summed E-state index contributed by atoms with van der Waals surface area (Å²) in [7, 11) is 2.66. The molecule has 0 bridgehead atoms. The van der Waals surface area contributed by atoms with Crippen LogP contribution in [0.25, 0.3) is 6.08 Å². The molecule has 7 heteroatoms. The van der Waals surface area contributed by atoms with Gasteiger partial charge in [0.1, 0.15) is 24.9 Å². The highest BCUT2D eigenvalue weighted by Gasteiger charge is 2.11. The summed E-state index contributed by atoms with van der Waals surface area (Å²) in [4.78, 5) is 22.7. The topological polar surface area (TPSA) is 94.9 Å². The monoisotopic (exact) mass is 345 g/mol. The molecule has 0 aliphatic rings. The SMILES string of the molecule is C=C(C)C(=O)OCCOc1ccc(C=C(C#N)C(=O)OC)cc1OC. The van der Waals surface area contributed by atoms with Gasteiger partial charge in [0.05, 0.1) is 14.2 Å². The van der Waals surface area contributed by atoms with Gasteiger partial charge in [-0.2, -0.15) is 5.26 Å². The second kappa shape index (κ2) is 9.78. The summed E-state index contributed by atoms with van der Waals surface area (Å²) in [5, 5.41) is 8.97. The molecular formula is C18H19NO6. The molecule has 0 amide bonds. The van der Waals surface area contributed by atoms with Gasteiger partial charge in [0, 0.05) is 5.57 Å². The summed E-state index contributed by atoms with van der Waals surface area (Å²) >= 11 is 0. The van der Waals surface area contributed by atoms with Crippen molar-refractivity contribution in [1.82, 2.24) is 0 Å². The molecule has 0 saturated heterocycles. The van der Waals surface area contributed by atoms with Crippen LogP contribution in [0.5, 0.6) is 11.5 Å². The Bertz CT molecular complexity index is 730. The Labute approximate surface area is 146 Å². The second-order valence-electron chi connectivity index (χ2n) is 4.84. The minimum atomic E-state index is -0.721. The first-order chi connectivity index (χ1) is 11.9. The fourth-order valence-electron chi connectivity index (χ4n) is 1.72. The zero-order valence-corrected chi connectivity index (χ0v) is 14.3. The van der Waals surface area contributed by atoms with Crippen molar-refractivity contribution < 1.29 is 28.5 Å². The van der Waals surface area contributed by atoms with Crippen molar-refractivity contribution in [2.75, 3.05) is 27.4 Å². The van der Waals surface area contributed by atoms with Crippen LogP contribution >= 0.6 is 0 Å². The number of methoxy groups -OCH3 is 2. The van der Waals surface area contributed by atoms with Gasteiger partial charge in [-0.05, 0) is 30.7 Å². The van der Waals surface area contributed by atoms with Crippen LogP contribution in [0.3, 0.4) is 0 Å². The third-order valence-electron chi connectivity index (χ3n) is 2.95. The third kappa shape index (κ3) is 6.03. The van der Waals surface area contributed by atoms with Crippen LogP contribution in [0.1, 0.15) is 12.5 Å². The van der Waals surface area contributed by atoms with Gasteiger partial charge in [-0.3, -0.25) is 0 Å². The largest absolute Gasteiger partial charge is 0.493 e. The van der Waals surface area contributed by atoms with E-state index in [1.807, 2.05) is 0 Å². The highest BCUT2D eigenvalue weighted by atomic mass is 16.6. The third-order valence-corrected chi connectivity index (χ3v) is 2.95. The van der Waals surface area contributed by atoms with Gasteiger partial charge in [-0.15, -0.1) is 0 Å². The molecule has 1 rings (SSSR count). The van der Waals surface area contributed by atoms with Gasteiger partial charge in [0.15, 0.2) is 11.5 Å². The molecule has 0 heterocycles. The van der Waals surface area contributed by atoms with Crippen LogP contribution in [0.4, 0.5) is 0 Å². The normalized spacial score (nSPS) is 10.4. The number of ether oxygens (including phenoxy) is 4. The van der Waals surface area contributed by atoms with Crippen LogP contribution in [0.2, 0.25) is 0 Å². The highest BCUT2D eigenvalue weighted by molar-refractivity contribution is 5.97. The average Bonchev–Trinajstić information content (AvgIpc) is 2.62. The van der Waals surface area contributed by atoms with E-state index < -0.39 is 11.9 Å². The minimum Gasteiger partial charge on any atom is -0.493 e. The van der Waals surface area contributed by atoms with Crippen molar-refractivity contribution >= 4 is 18.0 Å². The van der Waals surface area contributed by atoms with E-state index >= 15 is 0 Å². The number of hydrogen-bond donors (Lipinski definition) is 0. The summed E-state index contributed by atoms with van der Waals surface area (Å²) in [6, 6.07) is 6.65. The fourth-order valence-corrected chi connectivity index (χ4v) is 1.72. The predicted octanol–water partition coefficient (Wildman–Crippen LogP) is 2.27. The number of esters is 2. The molecule has 7 nitrogen and oxygen atoms in total. The van der Waals surface area contributed by atoms with Gasteiger partial charge >= 0.3 is 11.9 Å². The molecule has 0 aliphatic carbocycles. The van der Waals surface area contributed by atoms with Crippen LogP contribution in [-0.4, -0.2) is 39.4 Å². The van der Waals surface area contributed by atoms with Gasteiger partial charge in [-0.25, -0.2) is 9.59 Å². The molecule has 0 fully saturated rings. The zero-order valence-electron chi connectivity index (χ0n) is 14.3. The van der Waals surface area contributed by atoms with Crippen LogP contribution in [0.15, 0.2) is 35.9 Å². The van der Waals surface area contributed by atoms with E-state index in [1.165, 1.54) is 20.3 Å². The van der Waals surface area contributed by atoms with Gasteiger partial charge in [0.2, 0.25) is 0 Å². The van der Waals surface area contributed by atoms with Crippen molar-refractivity contribution in [2.45, 2.75) is 6.92 Å². The molecule has 0 N–H and O–H groups in total. The smallest absolute Gasteiger partial charge is 0.348 e. The number of benzene rings is 1. The minimum absolute atomic E-state index is 0.0669. The Morgan fingerprint density at radius 2 is 1.92 bits per heavy atom. The van der Waals surface area contributed by atoms with Crippen molar-refractivity contribution in [3.05, 3.63) is 41.5 Å². The highest BCUT2D eigenvalue weighted by Crippen LogP contribution is 2.29. The summed E-state index contributed by atoms with van der Waals surface area (Å²) in [5.74, 6) is -0.367. The van der Waals surface area contributed by atoms with Crippen molar-refractivity contribution in [2.24, 2.45) is 0 Å². The summed E-state index contributed by atoms with van der Waals surface area (Å²) < 4.78 is 20.2. The Balaban J connectivity index is 2.80. The molecule has 0 saturated carbocycles. The molecule has 0 atom stereocenters. The van der Waals surface area contributed by atoms with Crippen molar-refractivity contribution in [3.63, 3.8) is 0 Å². The lowest BCUT2D eigenvalue weighted by Gasteiger charge is -2.11. The number of carbonyl (C=O) groups is 2. The molecule has 0 aliphatic heterocycles. The Hall–Kier alpha value is -3.27. The summed E-state index contributed by atoms with van der Waals surface area (Å²) in [6.45, 7) is 5.24. The maximum Gasteiger partial charge on any atom is 0.348 e. The van der Waals surface area contributed by atoms with E-state index in [2.05, 4.69) is 11.3 Å². The fraction of sp³-hybridized carbons (Fsp3) is 0.278. The average molecular weight is 345 g/mol. The number of hydrogen-bond acceptors (Lipinski definition) is 7. The van der Waals surface area contributed by atoms with Gasteiger partial charge < -0.3 is 18.9 Å². The van der Waals surface area contributed by atoms with E-state index in [4.69, 9.17) is 19.5 Å². The molecule has 25 heavy (non-hydrogen) atoms. The first kappa shape index (κ1) is 19.8. The first-order valence-electron chi connectivity index (χ1n) is 7.26. The van der Waals surface area contributed by atoms with Crippen molar-refractivity contribution in [3.8, 4) is 17.6 Å². The van der Waals surface area contributed by atoms with E-state index in [-0.39, 0.29) is 18.8 Å². The Morgan fingerprint density at radius 1 is 1.20 bits per heavy atom. The van der Waals surface area contributed by atoms with Crippen molar-refractivity contribution in [1.29, 1.82) is 5.26 Å². The number of rotatable bonds is 8. The van der Waals surface area contributed by atoms with E-state index in [0.29, 0.717) is 22.6 Å². The van der Waals surface area contributed by atoms with E-state index in [0.717, 1.165) is 0 Å². The number of nitriles is 1. The van der Waals surface area contributed by atoms with E-state index in [9.17, 15) is 9.59 Å². The molecule has 0 spiro atoms. The molecular weight excluding hydrogens is 326 g/mol. The maximum absolute atomic E-state index is 11.4. The zero-order chi connectivity index (χ0) is 18.8. The lowest BCUT2D eigenvalue weighted by molar-refractivity contribution is -0.139. The molecule has 0 radical (unpaired) electrons. The van der Waals surface area contributed by atoms with Crippen LogP contribution < -0.4 is 9.47 Å². The van der Waals surface area contributed by atoms with Crippen LogP contribution in [0, 0.1) is 11.3 Å². The lowest BCUT2D eigenvalue weighted by atomic mass is 10.1. The summed E-state index contributed by atoms with van der Waals surface area (Å²) in [6.07, 6.45) is 1.38. The van der Waals surface area contributed by atoms with Crippen LogP contribution in [-0.2, 0) is 19.1 Å². The molecule has 1 aromatic rings. The van der Waals surface area contributed by atoms with Gasteiger partial charge in [0.25, 0.3) is 0 Å². The second-order valence-corrected chi connectivity index (χ2v) is 4.84. The Morgan fingerprint density at radius 3 is 2.48 bits per heavy atom. The lowest BCUT2D eigenvalue weighted by Crippen LogP contribution is -2.12. The molecule has 0 unspecified atom stereocenters. The Kier molecular flexibility index (Phi) is 7.73. The maximum atomic E-state index is 11.4. The molecule has 132 valence electrons. The molecule has 0 aromatic heterocycles. The number of nitrogens with zero attached hydrogens (tertiary/aromatic N) is 1. The predicted molar refractivity (Wildman–Crippen MR) is 89.9 cm³/mol. The summed E-state index contributed by atoms with van der Waals surface area (Å²) in [5.41, 5.74) is 0.748. The van der Waals surface area contributed by atoms with E-state index in [1.54, 1.807) is 31.2 Å². The molecule has 1 aromatic carbocycles. The first-order valence-corrected chi connectivity index (χ1v) is 7.26. The van der Waals surface area contributed by atoms with Gasteiger partial charge in [-0.1, -0.05) is 12.6 Å². The number of carbonyl (C=O) groups excluding carboxylic acids is 2. The quantitative estimate of drug-likeness (QED) is 0.309.